The number of para-hydroxylation sites is 1. The van der Waals surface area contributed by atoms with Crippen LogP contribution in [-0.2, 0) is 20.8 Å². The van der Waals surface area contributed by atoms with Gasteiger partial charge in [-0.05, 0) is 17.5 Å². The van der Waals surface area contributed by atoms with Gasteiger partial charge in [0, 0.05) is 17.1 Å². The standard InChI is InChI=1S/C18H23N3O4/c1-3-11(2)17(18(25)20-10-16(23)24)21-15(22)8-12-9-19-14-7-5-4-6-13(12)14/h4-7,9,11,17,19H,3,8,10H2,1-2H3,(H,20,25)(H,21,22)(H,23,24)/t11-,17-/m0/s1. The summed E-state index contributed by atoms with van der Waals surface area (Å²) in [5.41, 5.74) is 1.80. The third-order valence-electron chi connectivity index (χ3n) is 4.25. The molecule has 2 rings (SSSR count). The predicted octanol–water partition coefficient (Wildman–Crippen LogP) is 1.44. The highest BCUT2D eigenvalue weighted by Gasteiger charge is 2.26. The summed E-state index contributed by atoms with van der Waals surface area (Å²) < 4.78 is 0. The van der Waals surface area contributed by atoms with Gasteiger partial charge < -0.3 is 20.7 Å². The first-order valence-electron chi connectivity index (χ1n) is 8.26. The van der Waals surface area contributed by atoms with Gasteiger partial charge in [0.1, 0.15) is 12.6 Å². The van der Waals surface area contributed by atoms with E-state index in [2.05, 4.69) is 15.6 Å². The molecule has 0 saturated heterocycles. The molecule has 0 aliphatic rings. The summed E-state index contributed by atoms with van der Waals surface area (Å²) in [5, 5.41) is 14.7. The Hall–Kier alpha value is -2.83. The van der Waals surface area contributed by atoms with Gasteiger partial charge in [0.2, 0.25) is 11.8 Å². The van der Waals surface area contributed by atoms with Crippen molar-refractivity contribution < 1.29 is 19.5 Å². The molecule has 7 heteroatoms. The third-order valence-corrected chi connectivity index (χ3v) is 4.25. The van der Waals surface area contributed by atoms with Gasteiger partial charge in [0.15, 0.2) is 0 Å². The zero-order valence-electron chi connectivity index (χ0n) is 14.3. The molecule has 1 heterocycles. The molecular formula is C18H23N3O4. The number of nitrogens with one attached hydrogen (secondary N) is 3. The van der Waals surface area contributed by atoms with Gasteiger partial charge in [0.25, 0.3) is 0 Å². The second-order valence-electron chi connectivity index (χ2n) is 6.08. The molecule has 2 atom stereocenters. The van der Waals surface area contributed by atoms with Crippen molar-refractivity contribution in [3.05, 3.63) is 36.0 Å². The van der Waals surface area contributed by atoms with E-state index in [1.54, 1.807) is 6.20 Å². The summed E-state index contributed by atoms with van der Waals surface area (Å²) in [6.45, 7) is 3.29. The first-order valence-corrected chi connectivity index (χ1v) is 8.26. The fourth-order valence-corrected chi connectivity index (χ4v) is 2.65. The summed E-state index contributed by atoms with van der Waals surface area (Å²) in [7, 11) is 0. The van der Waals surface area contributed by atoms with E-state index in [1.807, 2.05) is 38.1 Å². The molecule has 2 aromatic rings. The Morgan fingerprint density at radius 1 is 1.24 bits per heavy atom. The van der Waals surface area contributed by atoms with Crippen LogP contribution in [0.5, 0.6) is 0 Å². The number of aromatic amines is 1. The molecule has 25 heavy (non-hydrogen) atoms. The van der Waals surface area contributed by atoms with Crippen LogP contribution in [0.3, 0.4) is 0 Å². The monoisotopic (exact) mass is 345 g/mol. The predicted molar refractivity (Wildman–Crippen MR) is 94.0 cm³/mol. The highest BCUT2D eigenvalue weighted by molar-refractivity contribution is 5.92. The van der Waals surface area contributed by atoms with Crippen molar-refractivity contribution in [1.29, 1.82) is 0 Å². The Bertz CT molecular complexity index is 769. The number of aromatic nitrogens is 1. The van der Waals surface area contributed by atoms with Gasteiger partial charge in [-0.1, -0.05) is 38.5 Å². The minimum atomic E-state index is -1.12. The second-order valence-corrected chi connectivity index (χ2v) is 6.08. The molecule has 4 N–H and O–H groups in total. The molecule has 1 aromatic carbocycles. The maximum atomic E-state index is 12.4. The molecule has 0 aliphatic carbocycles. The summed E-state index contributed by atoms with van der Waals surface area (Å²) in [5.74, 6) is -1.99. The normalized spacial score (nSPS) is 13.2. The molecule has 1 aromatic heterocycles. The Morgan fingerprint density at radius 3 is 2.64 bits per heavy atom. The lowest BCUT2D eigenvalue weighted by atomic mass is 9.98. The Morgan fingerprint density at radius 2 is 1.96 bits per heavy atom. The number of benzene rings is 1. The fraction of sp³-hybridized carbons (Fsp3) is 0.389. The zero-order chi connectivity index (χ0) is 18.4. The van der Waals surface area contributed by atoms with E-state index in [1.165, 1.54) is 0 Å². The van der Waals surface area contributed by atoms with Crippen LogP contribution in [0.25, 0.3) is 10.9 Å². The number of carboxylic acid groups (broad SMARTS) is 1. The first kappa shape index (κ1) is 18.5. The smallest absolute Gasteiger partial charge is 0.322 e. The summed E-state index contributed by atoms with van der Waals surface area (Å²) in [4.78, 5) is 38.3. The molecule has 0 aliphatic heterocycles. The molecule has 0 bridgehead atoms. The van der Waals surface area contributed by atoms with E-state index in [-0.39, 0.29) is 18.2 Å². The Labute approximate surface area is 145 Å². The number of hydrogen-bond donors (Lipinski definition) is 4. The zero-order valence-corrected chi connectivity index (χ0v) is 14.3. The molecule has 0 unspecified atom stereocenters. The van der Waals surface area contributed by atoms with Crippen molar-refractivity contribution >= 4 is 28.7 Å². The number of fused-ring (bicyclic) bond motifs is 1. The number of amides is 2. The highest BCUT2D eigenvalue weighted by atomic mass is 16.4. The van der Waals surface area contributed by atoms with Crippen LogP contribution in [0.15, 0.2) is 30.5 Å². The van der Waals surface area contributed by atoms with E-state index in [0.717, 1.165) is 16.5 Å². The van der Waals surface area contributed by atoms with Crippen molar-refractivity contribution in [2.24, 2.45) is 5.92 Å². The number of carbonyl (C=O) groups excluding carboxylic acids is 2. The van der Waals surface area contributed by atoms with Crippen molar-refractivity contribution in [2.75, 3.05) is 6.54 Å². The minimum absolute atomic E-state index is 0.110. The van der Waals surface area contributed by atoms with Gasteiger partial charge >= 0.3 is 5.97 Å². The van der Waals surface area contributed by atoms with Crippen LogP contribution in [0.1, 0.15) is 25.8 Å². The lowest BCUT2D eigenvalue weighted by Crippen LogP contribution is -2.51. The van der Waals surface area contributed by atoms with Crippen LogP contribution in [-0.4, -0.2) is 40.5 Å². The number of carboxylic acids is 1. The van der Waals surface area contributed by atoms with Crippen molar-refractivity contribution in [3.63, 3.8) is 0 Å². The number of hydrogen-bond acceptors (Lipinski definition) is 3. The van der Waals surface area contributed by atoms with Crippen LogP contribution in [0.2, 0.25) is 0 Å². The van der Waals surface area contributed by atoms with Crippen molar-refractivity contribution in [3.8, 4) is 0 Å². The molecule has 7 nitrogen and oxygen atoms in total. The Kier molecular flexibility index (Phi) is 6.16. The maximum absolute atomic E-state index is 12.4. The summed E-state index contributed by atoms with van der Waals surface area (Å²) in [6.07, 6.45) is 2.61. The fourth-order valence-electron chi connectivity index (χ4n) is 2.65. The van der Waals surface area contributed by atoms with Crippen molar-refractivity contribution in [2.45, 2.75) is 32.7 Å². The second kappa shape index (κ2) is 8.32. The topological polar surface area (TPSA) is 111 Å². The molecule has 0 spiro atoms. The van der Waals surface area contributed by atoms with E-state index in [9.17, 15) is 14.4 Å². The molecule has 134 valence electrons. The SMILES string of the molecule is CC[C@H](C)[C@H](NC(=O)Cc1c[nH]c2ccccc12)C(=O)NCC(=O)O. The van der Waals surface area contributed by atoms with E-state index >= 15 is 0 Å². The van der Waals surface area contributed by atoms with E-state index in [4.69, 9.17) is 5.11 Å². The van der Waals surface area contributed by atoms with Crippen LogP contribution in [0, 0.1) is 5.92 Å². The van der Waals surface area contributed by atoms with E-state index < -0.39 is 24.5 Å². The lowest BCUT2D eigenvalue weighted by Gasteiger charge is -2.23. The molecular weight excluding hydrogens is 322 g/mol. The van der Waals surface area contributed by atoms with Crippen LogP contribution < -0.4 is 10.6 Å². The van der Waals surface area contributed by atoms with Crippen LogP contribution in [0.4, 0.5) is 0 Å². The van der Waals surface area contributed by atoms with Gasteiger partial charge in [0.05, 0.1) is 6.42 Å². The number of aliphatic carboxylic acids is 1. The molecule has 0 fully saturated rings. The maximum Gasteiger partial charge on any atom is 0.322 e. The van der Waals surface area contributed by atoms with Gasteiger partial charge in [-0.3, -0.25) is 14.4 Å². The highest BCUT2D eigenvalue weighted by Crippen LogP contribution is 2.18. The number of H-pyrrole nitrogens is 1. The first-order chi connectivity index (χ1) is 11.9. The molecule has 2 amide bonds. The summed E-state index contributed by atoms with van der Waals surface area (Å²) in [6, 6.07) is 6.91. The minimum Gasteiger partial charge on any atom is -0.480 e. The Balaban J connectivity index is 2.05. The van der Waals surface area contributed by atoms with E-state index in [0.29, 0.717) is 6.42 Å². The van der Waals surface area contributed by atoms with Gasteiger partial charge in [-0.15, -0.1) is 0 Å². The average Bonchev–Trinajstić information content (AvgIpc) is 3.00. The molecule has 0 saturated carbocycles. The third kappa shape index (κ3) is 4.82. The van der Waals surface area contributed by atoms with Crippen molar-refractivity contribution in [1.82, 2.24) is 15.6 Å². The van der Waals surface area contributed by atoms with Gasteiger partial charge in [-0.25, -0.2) is 0 Å². The molecule has 0 radical (unpaired) electrons. The van der Waals surface area contributed by atoms with Crippen LogP contribution >= 0.6 is 0 Å². The van der Waals surface area contributed by atoms with Gasteiger partial charge in [-0.2, -0.15) is 0 Å². The largest absolute Gasteiger partial charge is 0.480 e. The quantitative estimate of drug-likeness (QED) is 0.580. The average molecular weight is 345 g/mol. The number of rotatable bonds is 8. The lowest BCUT2D eigenvalue weighted by molar-refractivity contribution is -0.138. The number of carbonyl (C=O) groups is 3. The summed E-state index contributed by atoms with van der Waals surface area (Å²) >= 11 is 0.